The molecule has 1 aliphatic rings. The van der Waals surface area contributed by atoms with Crippen LogP contribution in [0.4, 0.5) is 0 Å². The van der Waals surface area contributed by atoms with E-state index in [1.54, 1.807) is 6.08 Å². The third-order valence-corrected chi connectivity index (χ3v) is 11.4. The van der Waals surface area contributed by atoms with Crippen LogP contribution in [0.25, 0.3) is 0 Å². The Morgan fingerprint density at radius 1 is 0.559 bits per heavy atom. The summed E-state index contributed by atoms with van der Waals surface area (Å²) in [6, 6.07) is -0.830. The van der Waals surface area contributed by atoms with Crippen LogP contribution >= 0.6 is 0 Å². The minimum absolute atomic E-state index is 0.196. The van der Waals surface area contributed by atoms with Crippen LogP contribution in [0, 0.1) is 0 Å². The lowest BCUT2D eigenvalue weighted by atomic mass is 9.99. The van der Waals surface area contributed by atoms with Crippen LogP contribution in [0.2, 0.25) is 0 Å². The first-order valence-corrected chi connectivity index (χ1v) is 24.4. The summed E-state index contributed by atoms with van der Waals surface area (Å²) in [4.78, 5) is 13.0. The highest BCUT2D eigenvalue weighted by Crippen LogP contribution is 2.22. The smallest absolute Gasteiger partial charge is 0.220 e. The second-order valence-corrected chi connectivity index (χ2v) is 16.9. The van der Waals surface area contributed by atoms with Gasteiger partial charge in [-0.25, -0.2) is 0 Å². The van der Waals surface area contributed by atoms with E-state index in [0.29, 0.717) is 6.42 Å². The monoisotopic (exact) mass is 834 g/mol. The zero-order valence-electron chi connectivity index (χ0n) is 37.7. The molecule has 0 aromatic rings. The van der Waals surface area contributed by atoms with Gasteiger partial charge in [-0.2, -0.15) is 0 Å². The Labute approximate surface area is 361 Å². The molecule has 0 radical (unpaired) electrons. The molecule has 344 valence electrons. The molecule has 7 unspecified atom stereocenters. The zero-order chi connectivity index (χ0) is 43.0. The molecular formula is C50H91NO8. The highest BCUT2D eigenvalue weighted by Gasteiger charge is 2.44. The van der Waals surface area contributed by atoms with Gasteiger partial charge in [0.2, 0.25) is 5.91 Å². The normalized spacial score (nSPS) is 21.1. The first-order valence-electron chi connectivity index (χ1n) is 24.4. The first-order chi connectivity index (χ1) is 28.8. The molecule has 1 heterocycles. The summed E-state index contributed by atoms with van der Waals surface area (Å²) in [7, 11) is 0. The zero-order valence-corrected chi connectivity index (χ0v) is 37.7. The Hall–Kier alpha value is -1.85. The van der Waals surface area contributed by atoms with Gasteiger partial charge in [0.05, 0.1) is 25.4 Å². The molecular weight excluding hydrogens is 743 g/mol. The van der Waals surface area contributed by atoms with E-state index in [2.05, 4.69) is 55.6 Å². The van der Waals surface area contributed by atoms with Crippen LogP contribution in [-0.4, -0.2) is 87.5 Å². The molecule has 1 saturated heterocycles. The second kappa shape index (κ2) is 40.2. The van der Waals surface area contributed by atoms with Crippen molar-refractivity contribution in [1.82, 2.24) is 5.32 Å². The van der Waals surface area contributed by atoms with Gasteiger partial charge in [-0.3, -0.25) is 4.79 Å². The van der Waals surface area contributed by atoms with Crippen LogP contribution in [0.15, 0.2) is 48.6 Å². The number of ether oxygens (including phenoxy) is 2. The van der Waals surface area contributed by atoms with Crippen molar-refractivity contribution in [3.63, 3.8) is 0 Å². The Bertz CT molecular complexity index is 1060. The van der Waals surface area contributed by atoms with Crippen molar-refractivity contribution in [2.75, 3.05) is 13.2 Å². The molecule has 0 aromatic carbocycles. The molecule has 59 heavy (non-hydrogen) atoms. The van der Waals surface area contributed by atoms with Gasteiger partial charge in [-0.1, -0.05) is 178 Å². The van der Waals surface area contributed by atoms with E-state index >= 15 is 0 Å². The number of hydrogen-bond donors (Lipinski definition) is 6. The summed E-state index contributed by atoms with van der Waals surface area (Å²) in [6.45, 7) is 3.74. The molecule has 0 spiro atoms. The number of amides is 1. The molecule has 6 N–H and O–H groups in total. The van der Waals surface area contributed by atoms with Gasteiger partial charge >= 0.3 is 0 Å². The molecule has 9 heteroatoms. The van der Waals surface area contributed by atoms with Gasteiger partial charge in [0.1, 0.15) is 24.4 Å². The van der Waals surface area contributed by atoms with E-state index in [1.165, 1.54) is 122 Å². The van der Waals surface area contributed by atoms with Crippen molar-refractivity contribution < 1.29 is 39.8 Å². The summed E-state index contributed by atoms with van der Waals surface area (Å²) in [5, 5.41) is 54.2. The van der Waals surface area contributed by atoms with Gasteiger partial charge in [0.15, 0.2) is 6.29 Å². The average molecular weight is 834 g/mol. The molecule has 9 nitrogen and oxygen atoms in total. The van der Waals surface area contributed by atoms with Crippen LogP contribution in [-0.2, 0) is 14.3 Å². The van der Waals surface area contributed by atoms with Gasteiger partial charge in [-0.15, -0.1) is 0 Å². The maximum Gasteiger partial charge on any atom is 0.220 e. The van der Waals surface area contributed by atoms with Crippen molar-refractivity contribution in [2.45, 2.75) is 249 Å². The summed E-state index contributed by atoms with van der Waals surface area (Å²) >= 11 is 0. The minimum Gasteiger partial charge on any atom is -0.394 e. The fourth-order valence-corrected chi connectivity index (χ4v) is 7.42. The second-order valence-electron chi connectivity index (χ2n) is 16.9. The van der Waals surface area contributed by atoms with Crippen molar-refractivity contribution in [2.24, 2.45) is 0 Å². The fraction of sp³-hybridized carbons (Fsp3) is 0.820. The van der Waals surface area contributed by atoms with E-state index in [4.69, 9.17) is 9.47 Å². The lowest BCUT2D eigenvalue weighted by Crippen LogP contribution is -2.60. The Morgan fingerprint density at radius 2 is 0.966 bits per heavy atom. The highest BCUT2D eigenvalue weighted by atomic mass is 16.7. The molecule has 0 aromatic heterocycles. The molecule has 1 fully saturated rings. The van der Waals surface area contributed by atoms with Gasteiger partial charge < -0.3 is 40.3 Å². The first kappa shape index (κ1) is 55.2. The van der Waals surface area contributed by atoms with Crippen molar-refractivity contribution >= 4 is 5.91 Å². The van der Waals surface area contributed by atoms with Crippen molar-refractivity contribution in [3.05, 3.63) is 48.6 Å². The quantitative estimate of drug-likeness (QED) is 0.0264. The van der Waals surface area contributed by atoms with Crippen LogP contribution in [0.1, 0.15) is 206 Å². The number of carbonyl (C=O) groups is 1. The maximum absolute atomic E-state index is 13.0. The molecule has 7 atom stereocenters. The average Bonchev–Trinajstić information content (AvgIpc) is 3.23. The summed E-state index contributed by atoms with van der Waals surface area (Å²) in [5.74, 6) is -0.196. The molecule has 0 saturated carbocycles. The molecule has 0 bridgehead atoms. The van der Waals surface area contributed by atoms with Crippen LogP contribution in [0.5, 0.6) is 0 Å². The molecule has 1 aliphatic heterocycles. The maximum atomic E-state index is 13.0. The van der Waals surface area contributed by atoms with E-state index in [0.717, 1.165) is 64.2 Å². The third kappa shape index (κ3) is 30.8. The molecule has 0 aliphatic carbocycles. The number of carbonyl (C=O) groups excluding carboxylic acids is 1. The topological polar surface area (TPSA) is 149 Å². The SMILES string of the molecule is CCCCCCCC/C=C/CC/C=C/CC/C=C/C(O)C(COC1OC(CO)C(O)C(O)C1O)NC(=O)CCCCCCCCC/C=C\CCCCCCCCCCC. The number of aliphatic hydroxyl groups is 5. The predicted octanol–water partition coefficient (Wildman–Crippen LogP) is 10.6. The largest absolute Gasteiger partial charge is 0.394 e. The Kier molecular flexibility index (Phi) is 37.6. The summed E-state index contributed by atoms with van der Waals surface area (Å²) in [6.07, 6.45) is 44.4. The minimum atomic E-state index is -1.58. The Balaban J connectivity index is 2.36. The molecule has 1 rings (SSSR count). The number of allylic oxidation sites excluding steroid dienone is 7. The predicted molar refractivity (Wildman–Crippen MR) is 244 cm³/mol. The van der Waals surface area contributed by atoms with Crippen LogP contribution in [0.3, 0.4) is 0 Å². The Morgan fingerprint density at radius 3 is 1.42 bits per heavy atom. The third-order valence-electron chi connectivity index (χ3n) is 11.4. The highest BCUT2D eigenvalue weighted by molar-refractivity contribution is 5.76. The van der Waals surface area contributed by atoms with E-state index in [9.17, 15) is 30.3 Å². The van der Waals surface area contributed by atoms with E-state index in [-0.39, 0.29) is 12.5 Å². The van der Waals surface area contributed by atoms with Crippen LogP contribution < -0.4 is 5.32 Å². The number of aliphatic hydroxyl groups excluding tert-OH is 5. The number of unbranched alkanes of at least 4 members (excludes halogenated alkanes) is 24. The molecule has 1 amide bonds. The fourth-order valence-electron chi connectivity index (χ4n) is 7.42. The standard InChI is InChI=1S/C50H91NO8/c1-3-5-7-9-11-13-15-17-19-21-22-23-24-26-28-30-32-34-36-38-40-46(54)51-43(42-58-50-49(57)48(56)47(55)45(41-52)59-50)44(53)39-37-35-33-31-29-27-25-20-18-16-14-12-10-8-6-4-2/h18,20,22-23,29,31,37,39,43-45,47-50,52-53,55-57H,3-17,19,21,24-28,30,32-36,38,40-42H2,1-2H3,(H,51,54)/b20-18+,23-22-,31-29+,39-37+. The van der Waals surface area contributed by atoms with Gasteiger partial charge in [0, 0.05) is 6.42 Å². The lowest BCUT2D eigenvalue weighted by molar-refractivity contribution is -0.302. The number of nitrogens with one attached hydrogen (secondary N) is 1. The van der Waals surface area contributed by atoms with Crippen molar-refractivity contribution in [3.8, 4) is 0 Å². The number of hydrogen-bond acceptors (Lipinski definition) is 8. The number of rotatable bonds is 40. The lowest BCUT2D eigenvalue weighted by Gasteiger charge is -2.40. The summed E-state index contributed by atoms with van der Waals surface area (Å²) in [5.41, 5.74) is 0. The van der Waals surface area contributed by atoms with Gasteiger partial charge in [-0.05, 0) is 70.6 Å². The van der Waals surface area contributed by atoms with Crippen molar-refractivity contribution in [1.29, 1.82) is 0 Å². The van der Waals surface area contributed by atoms with E-state index < -0.39 is 49.5 Å². The van der Waals surface area contributed by atoms with Gasteiger partial charge in [0.25, 0.3) is 0 Å². The summed E-state index contributed by atoms with van der Waals surface area (Å²) < 4.78 is 11.2. The van der Waals surface area contributed by atoms with E-state index in [1.807, 2.05) is 6.08 Å².